The van der Waals surface area contributed by atoms with Gasteiger partial charge < -0.3 is 25.1 Å². The molecule has 0 radical (unpaired) electrons. The lowest BCUT2D eigenvalue weighted by molar-refractivity contribution is 0.0601. The third kappa shape index (κ3) is 7.51. The normalized spacial score (nSPS) is 13.2. The van der Waals surface area contributed by atoms with Crippen LogP contribution in [0.4, 0.5) is 0 Å². The minimum absolute atomic E-state index is 0. The summed E-state index contributed by atoms with van der Waals surface area (Å²) in [4.78, 5) is 18.9. The monoisotopic (exact) mass is 556 g/mol. The summed E-state index contributed by atoms with van der Waals surface area (Å²) in [6, 6.07) is 9.42. The van der Waals surface area contributed by atoms with Gasteiger partial charge in [0.25, 0.3) is 5.91 Å². The minimum atomic E-state index is -1.09. The zero-order valence-corrected chi connectivity index (χ0v) is 22.3. The van der Waals surface area contributed by atoms with Crippen LogP contribution in [0.2, 0.25) is 0 Å². The summed E-state index contributed by atoms with van der Waals surface area (Å²) in [5.74, 6) is 2.15. The maximum absolute atomic E-state index is 12.4. The number of aliphatic imine (C=N–C) groups is 1. The Balaban J connectivity index is 0.00000512. The number of hydrogen-bond donors (Lipinski definition) is 3. The lowest BCUT2D eigenvalue weighted by Gasteiger charge is -2.24. The summed E-state index contributed by atoms with van der Waals surface area (Å²) in [7, 11) is 0. The average molecular weight is 556 g/mol. The van der Waals surface area contributed by atoms with Crippen molar-refractivity contribution in [2.75, 3.05) is 26.2 Å². The number of nitrogens with zero attached hydrogens (tertiary/aromatic N) is 2. The van der Waals surface area contributed by atoms with Crippen molar-refractivity contribution in [3.63, 3.8) is 0 Å². The number of carbonyl (C=O) groups is 1. The lowest BCUT2D eigenvalue weighted by atomic mass is 9.96. The maximum Gasteiger partial charge on any atom is 0.253 e. The van der Waals surface area contributed by atoms with Crippen LogP contribution in [0.3, 0.4) is 0 Å². The Hall–Kier alpha value is -2.07. The first-order valence-electron chi connectivity index (χ1n) is 10.9. The van der Waals surface area contributed by atoms with Crippen LogP contribution < -0.4 is 10.6 Å². The molecule has 0 aliphatic carbocycles. The van der Waals surface area contributed by atoms with Crippen LogP contribution >= 0.6 is 24.0 Å². The minimum Gasteiger partial charge on any atom is -0.466 e. The van der Waals surface area contributed by atoms with E-state index in [9.17, 15) is 9.90 Å². The Morgan fingerprint density at radius 2 is 1.75 bits per heavy atom. The summed E-state index contributed by atoms with van der Waals surface area (Å²) in [6.07, 6.45) is 0. The molecule has 0 bridgehead atoms. The van der Waals surface area contributed by atoms with E-state index in [1.54, 1.807) is 11.8 Å². The van der Waals surface area contributed by atoms with E-state index in [1.165, 1.54) is 0 Å². The highest BCUT2D eigenvalue weighted by molar-refractivity contribution is 14.0. The Morgan fingerprint density at radius 1 is 1.12 bits per heavy atom. The summed E-state index contributed by atoms with van der Waals surface area (Å²) < 4.78 is 5.56. The molecule has 1 aromatic carbocycles. The highest BCUT2D eigenvalue weighted by atomic mass is 127. The van der Waals surface area contributed by atoms with Gasteiger partial charge in [-0.3, -0.25) is 4.79 Å². The Kier molecular flexibility index (Phi) is 11.2. The molecule has 1 unspecified atom stereocenters. The SMILES string of the molecule is CCNC(=NCc1ccc(C(=O)N(CC)CC)cc1)NCC(C)(O)c1cc(C)oc1C.I. The van der Waals surface area contributed by atoms with Crippen molar-refractivity contribution < 1.29 is 14.3 Å². The first kappa shape index (κ1) is 28.0. The van der Waals surface area contributed by atoms with Gasteiger partial charge in [-0.25, -0.2) is 4.99 Å². The molecular weight excluding hydrogens is 519 g/mol. The highest BCUT2D eigenvalue weighted by Crippen LogP contribution is 2.26. The van der Waals surface area contributed by atoms with E-state index in [2.05, 4.69) is 15.6 Å². The van der Waals surface area contributed by atoms with Crippen molar-refractivity contribution in [2.24, 2.45) is 4.99 Å². The zero-order chi connectivity index (χ0) is 23.0. The fraction of sp³-hybridized carbons (Fsp3) is 0.500. The molecule has 1 atom stereocenters. The number of furan rings is 1. The predicted molar refractivity (Wildman–Crippen MR) is 140 cm³/mol. The topological polar surface area (TPSA) is 90.1 Å². The number of aliphatic hydroxyl groups is 1. The molecule has 0 fully saturated rings. The fourth-order valence-electron chi connectivity index (χ4n) is 3.47. The van der Waals surface area contributed by atoms with Crippen LogP contribution in [-0.2, 0) is 12.1 Å². The number of benzene rings is 1. The first-order valence-corrected chi connectivity index (χ1v) is 10.9. The smallest absolute Gasteiger partial charge is 0.253 e. The number of halogens is 1. The molecule has 1 aromatic heterocycles. The molecule has 8 heteroatoms. The van der Waals surface area contributed by atoms with E-state index in [0.717, 1.165) is 16.9 Å². The maximum atomic E-state index is 12.4. The highest BCUT2D eigenvalue weighted by Gasteiger charge is 2.27. The van der Waals surface area contributed by atoms with Crippen LogP contribution in [0.1, 0.15) is 60.7 Å². The second-order valence-corrected chi connectivity index (χ2v) is 7.82. The number of guanidine groups is 1. The van der Waals surface area contributed by atoms with Crippen LogP contribution in [0, 0.1) is 13.8 Å². The largest absolute Gasteiger partial charge is 0.466 e. The van der Waals surface area contributed by atoms with Gasteiger partial charge in [0.1, 0.15) is 17.1 Å². The zero-order valence-electron chi connectivity index (χ0n) is 20.0. The van der Waals surface area contributed by atoms with Crippen LogP contribution in [0.5, 0.6) is 0 Å². The number of carbonyl (C=O) groups excluding carboxylic acids is 1. The molecule has 0 spiro atoms. The Morgan fingerprint density at radius 3 is 2.25 bits per heavy atom. The van der Waals surface area contributed by atoms with Gasteiger partial charge in [-0.2, -0.15) is 0 Å². The molecule has 3 N–H and O–H groups in total. The van der Waals surface area contributed by atoms with Gasteiger partial charge >= 0.3 is 0 Å². The van der Waals surface area contributed by atoms with E-state index in [-0.39, 0.29) is 36.4 Å². The fourth-order valence-corrected chi connectivity index (χ4v) is 3.47. The second kappa shape index (κ2) is 12.8. The standard InChI is InChI=1S/C24H36N4O3.HI/c1-7-25-23(27-16-24(6,30)21-14-17(4)31-18(21)5)26-15-19-10-12-20(13-11-19)22(29)28(8-2)9-3;/h10-14,30H,7-9,15-16H2,1-6H3,(H2,25,26,27);1H. The molecule has 0 saturated heterocycles. The summed E-state index contributed by atoms with van der Waals surface area (Å²) in [5, 5.41) is 17.3. The Bertz CT molecular complexity index is 887. The van der Waals surface area contributed by atoms with Gasteiger partial charge in [0, 0.05) is 30.8 Å². The number of aryl methyl sites for hydroxylation is 2. The van der Waals surface area contributed by atoms with Gasteiger partial charge in [-0.05, 0) is 65.3 Å². The van der Waals surface area contributed by atoms with E-state index in [1.807, 2.05) is 65.0 Å². The third-order valence-electron chi connectivity index (χ3n) is 5.24. The predicted octanol–water partition coefficient (Wildman–Crippen LogP) is 3.96. The molecule has 1 heterocycles. The van der Waals surface area contributed by atoms with E-state index in [4.69, 9.17) is 4.42 Å². The molecule has 2 aromatic rings. The van der Waals surface area contributed by atoms with E-state index >= 15 is 0 Å². The molecule has 7 nitrogen and oxygen atoms in total. The van der Waals surface area contributed by atoms with Crippen LogP contribution in [0.15, 0.2) is 39.7 Å². The van der Waals surface area contributed by atoms with Crippen molar-refractivity contribution in [3.8, 4) is 0 Å². The second-order valence-electron chi connectivity index (χ2n) is 7.82. The molecule has 0 aliphatic rings. The molecule has 0 saturated carbocycles. The lowest BCUT2D eigenvalue weighted by Crippen LogP contribution is -2.44. The number of amides is 1. The third-order valence-corrected chi connectivity index (χ3v) is 5.24. The molecule has 178 valence electrons. The van der Waals surface area contributed by atoms with Crippen LogP contribution in [-0.4, -0.2) is 48.1 Å². The first-order chi connectivity index (χ1) is 14.7. The van der Waals surface area contributed by atoms with Crippen molar-refractivity contribution >= 4 is 35.8 Å². The van der Waals surface area contributed by atoms with Crippen LogP contribution in [0.25, 0.3) is 0 Å². The molecule has 1 amide bonds. The Labute approximate surface area is 208 Å². The van der Waals surface area contributed by atoms with Crippen molar-refractivity contribution in [2.45, 2.75) is 53.7 Å². The van der Waals surface area contributed by atoms with Crippen molar-refractivity contribution in [1.82, 2.24) is 15.5 Å². The van der Waals surface area contributed by atoms with Gasteiger partial charge in [-0.15, -0.1) is 24.0 Å². The molecule has 2 rings (SSSR count). The quantitative estimate of drug-likeness (QED) is 0.247. The molecular formula is C24H37IN4O3. The number of rotatable bonds is 9. The summed E-state index contributed by atoms with van der Waals surface area (Å²) in [5.41, 5.74) is 1.36. The van der Waals surface area contributed by atoms with Gasteiger partial charge in [0.05, 0.1) is 13.1 Å². The summed E-state index contributed by atoms with van der Waals surface area (Å²) >= 11 is 0. The van der Waals surface area contributed by atoms with E-state index < -0.39 is 5.60 Å². The van der Waals surface area contributed by atoms with Crippen molar-refractivity contribution in [1.29, 1.82) is 0 Å². The van der Waals surface area contributed by atoms with Gasteiger partial charge in [0.2, 0.25) is 0 Å². The van der Waals surface area contributed by atoms with Gasteiger partial charge in [-0.1, -0.05) is 12.1 Å². The van der Waals surface area contributed by atoms with Crippen molar-refractivity contribution in [3.05, 3.63) is 58.5 Å². The van der Waals surface area contributed by atoms with Gasteiger partial charge in [0.15, 0.2) is 5.96 Å². The number of hydrogen-bond acceptors (Lipinski definition) is 4. The average Bonchev–Trinajstić information content (AvgIpc) is 3.10. The van der Waals surface area contributed by atoms with E-state index in [0.29, 0.717) is 43.5 Å². The number of nitrogens with one attached hydrogen (secondary N) is 2. The molecule has 32 heavy (non-hydrogen) atoms. The summed E-state index contributed by atoms with van der Waals surface area (Å²) in [6.45, 7) is 14.3. The molecule has 0 aliphatic heterocycles.